The molecule has 0 atom stereocenters. The molecule has 9 heteroatoms. The summed E-state index contributed by atoms with van der Waals surface area (Å²) in [4.78, 5) is 16.8. The van der Waals surface area contributed by atoms with Gasteiger partial charge >= 0.3 is 6.18 Å². The molecule has 0 radical (unpaired) electrons. The van der Waals surface area contributed by atoms with Crippen molar-refractivity contribution < 1.29 is 18.0 Å². The maximum atomic E-state index is 13.4. The Labute approximate surface area is 157 Å². The van der Waals surface area contributed by atoms with Crippen molar-refractivity contribution in [3.63, 3.8) is 0 Å². The maximum absolute atomic E-state index is 13.4. The van der Waals surface area contributed by atoms with Crippen LogP contribution >= 0.6 is 11.6 Å². The zero-order chi connectivity index (χ0) is 19.3. The molecule has 4 rings (SSSR count). The Morgan fingerprint density at radius 1 is 1.30 bits per heavy atom. The fraction of sp³-hybridized carbons (Fsp3) is 0.278. The van der Waals surface area contributed by atoms with Gasteiger partial charge in [-0.05, 0) is 43.5 Å². The van der Waals surface area contributed by atoms with Crippen LogP contribution in [0.4, 0.5) is 18.9 Å². The Morgan fingerprint density at radius 3 is 2.70 bits per heavy atom. The summed E-state index contributed by atoms with van der Waals surface area (Å²) in [5.74, 6) is -0.593. The summed E-state index contributed by atoms with van der Waals surface area (Å²) >= 11 is 6.03. The molecular weight excluding hydrogens is 381 g/mol. The summed E-state index contributed by atoms with van der Waals surface area (Å²) < 4.78 is 41.0. The van der Waals surface area contributed by atoms with E-state index in [4.69, 9.17) is 11.6 Å². The van der Waals surface area contributed by atoms with Gasteiger partial charge in [-0.15, -0.1) is 0 Å². The van der Waals surface area contributed by atoms with Crippen LogP contribution in [0, 0.1) is 6.92 Å². The molecular formula is C18H14ClF3N4O. The SMILES string of the molecule is Cc1c(Cl)cccc1NC(=O)c1cc2nc(C3CC3)cc(C(F)(F)F)n2n1. The van der Waals surface area contributed by atoms with Crippen LogP contribution in [0.25, 0.3) is 5.65 Å². The zero-order valence-corrected chi connectivity index (χ0v) is 14.9. The number of carbonyl (C=O) groups excluding carboxylic acids is 1. The third-order valence-corrected chi connectivity index (χ3v) is 4.89. The first-order chi connectivity index (χ1) is 12.7. The number of fused-ring (bicyclic) bond motifs is 1. The van der Waals surface area contributed by atoms with Gasteiger partial charge in [0.15, 0.2) is 11.3 Å². The van der Waals surface area contributed by atoms with Gasteiger partial charge in [-0.3, -0.25) is 4.79 Å². The molecule has 1 saturated carbocycles. The predicted octanol–water partition coefficient (Wildman–Crippen LogP) is 4.84. The number of amides is 1. The molecule has 5 nitrogen and oxygen atoms in total. The van der Waals surface area contributed by atoms with Crippen molar-refractivity contribution in [2.75, 3.05) is 5.32 Å². The van der Waals surface area contributed by atoms with Gasteiger partial charge in [-0.1, -0.05) is 17.7 Å². The minimum absolute atomic E-state index is 0.000286. The number of aromatic nitrogens is 3. The third kappa shape index (κ3) is 3.37. The number of nitrogens with zero attached hydrogens (tertiary/aromatic N) is 3. The highest BCUT2D eigenvalue weighted by atomic mass is 35.5. The zero-order valence-electron chi connectivity index (χ0n) is 14.1. The number of nitrogens with one attached hydrogen (secondary N) is 1. The van der Waals surface area contributed by atoms with Crippen molar-refractivity contribution in [3.8, 4) is 0 Å². The molecule has 1 N–H and O–H groups in total. The van der Waals surface area contributed by atoms with Crippen LogP contribution in [0.15, 0.2) is 30.3 Å². The molecule has 1 aliphatic rings. The molecule has 1 aliphatic carbocycles. The van der Waals surface area contributed by atoms with Gasteiger partial charge in [-0.2, -0.15) is 18.3 Å². The molecule has 1 fully saturated rings. The van der Waals surface area contributed by atoms with E-state index in [0.29, 0.717) is 26.5 Å². The lowest BCUT2D eigenvalue weighted by Crippen LogP contribution is -2.16. The van der Waals surface area contributed by atoms with Gasteiger partial charge in [0.05, 0.1) is 0 Å². The average Bonchev–Trinajstić information content (AvgIpc) is 3.36. The smallest absolute Gasteiger partial charge is 0.320 e. The Bertz CT molecular complexity index is 1060. The van der Waals surface area contributed by atoms with E-state index in [0.717, 1.165) is 18.9 Å². The Kier molecular flexibility index (Phi) is 4.10. The van der Waals surface area contributed by atoms with E-state index in [-0.39, 0.29) is 17.3 Å². The second kappa shape index (κ2) is 6.23. The molecule has 0 spiro atoms. The fourth-order valence-corrected chi connectivity index (χ4v) is 3.00. The third-order valence-electron chi connectivity index (χ3n) is 4.48. The van der Waals surface area contributed by atoms with Crippen LogP contribution in [0.2, 0.25) is 5.02 Å². The number of benzene rings is 1. The average molecular weight is 395 g/mol. The van der Waals surface area contributed by atoms with E-state index in [1.807, 2.05) is 0 Å². The van der Waals surface area contributed by atoms with Crippen molar-refractivity contribution in [3.05, 3.63) is 58.0 Å². The van der Waals surface area contributed by atoms with Gasteiger partial charge in [0.25, 0.3) is 5.91 Å². The van der Waals surface area contributed by atoms with Crippen molar-refractivity contribution in [2.24, 2.45) is 0 Å². The summed E-state index contributed by atoms with van der Waals surface area (Å²) in [7, 11) is 0. The number of anilines is 1. The van der Waals surface area contributed by atoms with Gasteiger partial charge < -0.3 is 5.32 Å². The number of alkyl halides is 3. The van der Waals surface area contributed by atoms with Gasteiger partial charge in [0, 0.05) is 28.4 Å². The Hall–Kier alpha value is -2.61. The van der Waals surface area contributed by atoms with E-state index < -0.39 is 17.8 Å². The molecule has 1 amide bonds. The molecule has 27 heavy (non-hydrogen) atoms. The standard InChI is InChI=1S/C18H14ClF3N4O/c1-9-11(19)3-2-4-12(9)24-17(27)14-8-16-23-13(10-5-6-10)7-15(18(20,21)22)26(16)25-14/h2-4,7-8,10H,5-6H2,1H3,(H,24,27). The van der Waals surface area contributed by atoms with E-state index in [1.54, 1.807) is 25.1 Å². The van der Waals surface area contributed by atoms with Gasteiger partial charge in [-0.25, -0.2) is 9.50 Å². The first kappa shape index (κ1) is 17.8. The molecule has 3 aromatic rings. The summed E-state index contributed by atoms with van der Waals surface area (Å²) in [6.45, 7) is 1.73. The van der Waals surface area contributed by atoms with E-state index in [9.17, 15) is 18.0 Å². The number of halogens is 4. The van der Waals surface area contributed by atoms with Crippen LogP contribution in [0.3, 0.4) is 0 Å². The van der Waals surface area contributed by atoms with Crippen LogP contribution in [0.5, 0.6) is 0 Å². The molecule has 2 aromatic heterocycles. The highest BCUT2D eigenvalue weighted by Crippen LogP contribution is 2.41. The molecule has 1 aromatic carbocycles. The normalized spacial score (nSPS) is 14.6. The first-order valence-electron chi connectivity index (χ1n) is 8.28. The Morgan fingerprint density at radius 2 is 2.04 bits per heavy atom. The minimum Gasteiger partial charge on any atom is -0.320 e. The highest BCUT2D eigenvalue weighted by molar-refractivity contribution is 6.31. The number of rotatable bonds is 3. The van der Waals surface area contributed by atoms with Crippen molar-refractivity contribution in [2.45, 2.75) is 31.9 Å². The van der Waals surface area contributed by atoms with Crippen molar-refractivity contribution in [1.29, 1.82) is 0 Å². The topological polar surface area (TPSA) is 59.3 Å². The van der Waals surface area contributed by atoms with Crippen LogP contribution in [-0.2, 0) is 6.18 Å². The Balaban J connectivity index is 1.74. The molecule has 0 unspecified atom stereocenters. The molecule has 0 aliphatic heterocycles. The van der Waals surface area contributed by atoms with E-state index in [1.165, 1.54) is 6.07 Å². The van der Waals surface area contributed by atoms with E-state index in [2.05, 4.69) is 15.4 Å². The molecule has 0 bridgehead atoms. The highest BCUT2D eigenvalue weighted by Gasteiger charge is 2.37. The van der Waals surface area contributed by atoms with E-state index >= 15 is 0 Å². The summed E-state index contributed by atoms with van der Waals surface area (Å²) in [5.41, 5.74) is 0.411. The lowest BCUT2D eigenvalue weighted by Gasteiger charge is -2.10. The number of hydrogen-bond acceptors (Lipinski definition) is 3. The first-order valence-corrected chi connectivity index (χ1v) is 8.66. The second-order valence-electron chi connectivity index (χ2n) is 6.50. The fourth-order valence-electron chi connectivity index (χ4n) is 2.82. The predicted molar refractivity (Wildman–Crippen MR) is 94.1 cm³/mol. The minimum atomic E-state index is -4.60. The molecule has 2 heterocycles. The van der Waals surface area contributed by atoms with Gasteiger partial charge in [0.1, 0.15) is 5.69 Å². The van der Waals surface area contributed by atoms with Crippen LogP contribution < -0.4 is 5.32 Å². The number of carbonyl (C=O) groups is 1. The second-order valence-corrected chi connectivity index (χ2v) is 6.91. The lowest BCUT2D eigenvalue weighted by atomic mass is 10.2. The lowest BCUT2D eigenvalue weighted by molar-refractivity contribution is -0.142. The van der Waals surface area contributed by atoms with Crippen molar-refractivity contribution in [1.82, 2.24) is 14.6 Å². The summed E-state index contributed by atoms with van der Waals surface area (Å²) in [6, 6.07) is 7.27. The summed E-state index contributed by atoms with van der Waals surface area (Å²) in [6.07, 6.45) is -2.97. The summed E-state index contributed by atoms with van der Waals surface area (Å²) in [5, 5.41) is 6.94. The molecule has 0 saturated heterocycles. The van der Waals surface area contributed by atoms with Crippen molar-refractivity contribution >= 4 is 28.8 Å². The van der Waals surface area contributed by atoms with Gasteiger partial charge in [0.2, 0.25) is 0 Å². The monoisotopic (exact) mass is 394 g/mol. The molecule has 140 valence electrons. The largest absolute Gasteiger partial charge is 0.433 e. The van der Waals surface area contributed by atoms with Crippen LogP contribution in [0.1, 0.15) is 46.2 Å². The quantitative estimate of drug-likeness (QED) is 0.691. The van der Waals surface area contributed by atoms with Crippen LogP contribution in [-0.4, -0.2) is 20.5 Å². The maximum Gasteiger partial charge on any atom is 0.433 e. The number of hydrogen-bond donors (Lipinski definition) is 1.